The zero-order valence-electron chi connectivity index (χ0n) is 9.80. The van der Waals surface area contributed by atoms with Gasteiger partial charge in [0.05, 0.1) is 18.9 Å². The molecule has 2 heterocycles. The molecule has 0 radical (unpaired) electrons. The maximum absolute atomic E-state index is 11.0. The van der Waals surface area contributed by atoms with Crippen molar-refractivity contribution in [3.63, 3.8) is 0 Å². The molecule has 9 heteroatoms. The van der Waals surface area contributed by atoms with E-state index in [9.17, 15) is 4.79 Å². The molecule has 0 unspecified atom stereocenters. The van der Waals surface area contributed by atoms with Crippen LogP contribution in [0.1, 0.15) is 23.1 Å². The third kappa shape index (κ3) is 6.09. The van der Waals surface area contributed by atoms with Gasteiger partial charge in [-0.25, -0.2) is 14.8 Å². The highest BCUT2D eigenvalue weighted by atomic mass is 79.9. The molecule has 104 valence electrons. The quantitative estimate of drug-likeness (QED) is 0.756. The van der Waals surface area contributed by atoms with Crippen molar-refractivity contribution in [2.24, 2.45) is 0 Å². The van der Waals surface area contributed by atoms with Crippen molar-refractivity contribution >= 4 is 60.5 Å². The van der Waals surface area contributed by atoms with Gasteiger partial charge in [-0.3, -0.25) is 0 Å². The summed E-state index contributed by atoms with van der Waals surface area (Å²) in [6, 6.07) is 0. The Kier molecular flexibility index (Phi) is 7.69. The first-order valence-corrected chi connectivity index (χ1v) is 8.40. The zero-order chi connectivity index (χ0) is 14.3. The highest BCUT2D eigenvalue weighted by molar-refractivity contribution is 9.11. The fourth-order valence-electron chi connectivity index (χ4n) is 0.906. The number of thiazole rings is 2. The van der Waals surface area contributed by atoms with Crippen molar-refractivity contribution in [3.05, 3.63) is 30.0 Å². The molecule has 0 spiro atoms. The highest BCUT2D eigenvalue weighted by Crippen LogP contribution is 2.16. The average Bonchev–Trinajstić information content (AvgIpc) is 2.99. The van der Waals surface area contributed by atoms with Crippen molar-refractivity contribution in [3.8, 4) is 0 Å². The zero-order valence-corrected chi connectivity index (χ0v) is 14.6. The molecule has 0 saturated carbocycles. The fourth-order valence-corrected chi connectivity index (χ4v) is 2.92. The second-order valence-corrected chi connectivity index (χ2v) is 7.22. The van der Waals surface area contributed by atoms with E-state index in [2.05, 4.69) is 41.8 Å². The van der Waals surface area contributed by atoms with Crippen LogP contribution in [0.4, 0.5) is 0 Å². The number of esters is 1. The van der Waals surface area contributed by atoms with Crippen LogP contribution in [0, 0.1) is 0 Å². The largest absolute Gasteiger partial charge is 0.461 e. The predicted octanol–water partition coefficient (Wildman–Crippen LogP) is 3.48. The van der Waals surface area contributed by atoms with Gasteiger partial charge in [-0.05, 0) is 38.8 Å². The van der Waals surface area contributed by atoms with Crippen LogP contribution in [0.3, 0.4) is 0 Å². The molecule has 19 heavy (non-hydrogen) atoms. The minimum absolute atomic E-state index is 0.0299. The van der Waals surface area contributed by atoms with E-state index in [0.717, 1.165) is 9.61 Å². The first-order valence-electron chi connectivity index (χ1n) is 5.05. The van der Waals surface area contributed by atoms with Crippen LogP contribution in [0.25, 0.3) is 0 Å². The number of hydrogen-bond acceptors (Lipinski definition) is 7. The summed E-state index contributed by atoms with van der Waals surface area (Å²) in [7, 11) is 0. The van der Waals surface area contributed by atoms with Gasteiger partial charge in [0.2, 0.25) is 0 Å². The number of aromatic nitrogens is 2. The van der Waals surface area contributed by atoms with E-state index >= 15 is 0 Å². The van der Waals surface area contributed by atoms with E-state index in [4.69, 9.17) is 9.84 Å². The smallest absolute Gasteiger partial charge is 0.357 e. The molecular weight excluding hydrogens is 420 g/mol. The number of nitrogens with zero attached hydrogens (tertiary/aromatic N) is 2. The maximum atomic E-state index is 11.0. The topological polar surface area (TPSA) is 72.3 Å². The summed E-state index contributed by atoms with van der Waals surface area (Å²) in [6.45, 7) is 2.18. The van der Waals surface area contributed by atoms with Gasteiger partial charge in [0, 0.05) is 10.8 Å². The van der Waals surface area contributed by atoms with Crippen molar-refractivity contribution in [2.45, 2.75) is 13.5 Å². The number of carbonyl (C=O) groups excluding carboxylic acids is 1. The van der Waals surface area contributed by atoms with Crippen molar-refractivity contribution in [1.82, 2.24) is 9.97 Å². The van der Waals surface area contributed by atoms with Gasteiger partial charge in [0.25, 0.3) is 0 Å². The molecule has 0 aliphatic rings. The van der Waals surface area contributed by atoms with E-state index < -0.39 is 0 Å². The van der Waals surface area contributed by atoms with Crippen LogP contribution in [0.5, 0.6) is 0 Å². The molecule has 5 nitrogen and oxygen atoms in total. The lowest BCUT2D eigenvalue weighted by atomic mass is 10.5. The standard InChI is InChI=1S/C6H6BrNO2S.C4H4BrNOS/c1-2-10-5(9)4-3-11-6(7)8-4;5-4-6-3(1-7)2-8-4/h3H,2H2,1H3;2,7H,1H2. The first kappa shape index (κ1) is 16.7. The molecule has 0 aromatic carbocycles. The predicted molar refractivity (Wildman–Crippen MR) is 81.5 cm³/mol. The molecule has 0 aliphatic heterocycles. The minimum atomic E-state index is -0.366. The number of hydrogen-bond donors (Lipinski definition) is 1. The lowest BCUT2D eigenvalue weighted by molar-refractivity contribution is 0.0520. The van der Waals surface area contributed by atoms with Gasteiger partial charge < -0.3 is 9.84 Å². The Balaban J connectivity index is 0.000000200. The van der Waals surface area contributed by atoms with E-state index in [-0.39, 0.29) is 12.6 Å². The molecule has 2 aromatic rings. The van der Waals surface area contributed by atoms with Crippen LogP contribution < -0.4 is 0 Å². The van der Waals surface area contributed by atoms with E-state index in [1.54, 1.807) is 12.3 Å². The molecule has 0 atom stereocenters. The van der Waals surface area contributed by atoms with E-state index in [1.807, 2.05) is 5.38 Å². The summed E-state index contributed by atoms with van der Waals surface area (Å²) in [5.74, 6) is -0.366. The van der Waals surface area contributed by atoms with Crippen LogP contribution in [-0.2, 0) is 11.3 Å². The maximum Gasteiger partial charge on any atom is 0.357 e. The van der Waals surface area contributed by atoms with Gasteiger partial charge in [-0.1, -0.05) is 0 Å². The number of rotatable bonds is 3. The summed E-state index contributed by atoms with van der Waals surface area (Å²) in [4.78, 5) is 18.8. The highest BCUT2D eigenvalue weighted by Gasteiger charge is 2.09. The summed E-state index contributed by atoms with van der Waals surface area (Å²) >= 11 is 9.16. The molecule has 0 aliphatic carbocycles. The Morgan fingerprint density at radius 1 is 1.32 bits per heavy atom. The normalized spacial score (nSPS) is 9.68. The lowest BCUT2D eigenvalue weighted by Crippen LogP contribution is -2.04. The van der Waals surface area contributed by atoms with Crippen molar-refractivity contribution in [1.29, 1.82) is 0 Å². The van der Waals surface area contributed by atoms with Gasteiger partial charge in [-0.15, -0.1) is 22.7 Å². The monoisotopic (exact) mass is 428 g/mol. The Hall–Kier alpha value is -0.350. The van der Waals surface area contributed by atoms with E-state index in [1.165, 1.54) is 22.7 Å². The number of ether oxygens (including phenoxy) is 1. The SMILES string of the molecule is CCOC(=O)c1csc(Br)n1.OCc1csc(Br)n1. The second-order valence-electron chi connectivity index (χ2n) is 2.96. The minimum Gasteiger partial charge on any atom is -0.461 e. The molecular formula is C10H10Br2N2O3S2. The van der Waals surface area contributed by atoms with E-state index in [0.29, 0.717) is 16.2 Å². The van der Waals surface area contributed by atoms with Crippen LogP contribution in [0.2, 0.25) is 0 Å². The molecule has 2 rings (SSSR count). The fraction of sp³-hybridized carbons (Fsp3) is 0.300. The second kappa shape index (κ2) is 8.75. The van der Waals surface area contributed by atoms with Gasteiger partial charge in [-0.2, -0.15) is 0 Å². The Morgan fingerprint density at radius 3 is 2.32 bits per heavy atom. The van der Waals surface area contributed by atoms with Crippen molar-refractivity contribution in [2.75, 3.05) is 6.61 Å². The van der Waals surface area contributed by atoms with Gasteiger partial charge >= 0.3 is 5.97 Å². The summed E-state index contributed by atoms with van der Waals surface area (Å²) < 4.78 is 6.24. The molecule has 0 amide bonds. The molecule has 0 saturated heterocycles. The summed E-state index contributed by atoms with van der Waals surface area (Å²) in [5, 5.41) is 11.9. The Labute approximate surface area is 134 Å². The van der Waals surface area contributed by atoms with Gasteiger partial charge in [0.15, 0.2) is 13.5 Å². The number of carbonyl (C=O) groups is 1. The first-order chi connectivity index (χ1) is 9.06. The number of aliphatic hydroxyl groups is 1. The summed E-state index contributed by atoms with van der Waals surface area (Å²) in [6.07, 6.45) is 0. The Morgan fingerprint density at radius 2 is 1.95 bits per heavy atom. The van der Waals surface area contributed by atoms with Gasteiger partial charge in [0.1, 0.15) is 0 Å². The third-order valence-electron chi connectivity index (χ3n) is 1.65. The molecule has 2 aromatic heterocycles. The molecule has 1 N–H and O–H groups in total. The van der Waals surface area contributed by atoms with Crippen molar-refractivity contribution < 1.29 is 14.6 Å². The third-order valence-corrected chi connectivity index (χ3v) is 4.43. The lowest BCUT2D eigenvalue weighted by Gasteiger charge is -1.95. The average molecular weight is 430 g/mol. The number of aliphatic hydroxyl groups excluding tert-OH is 1. The summed E-state index contributed by atoms with van der Waals surface area (Å²) in [5.41, 5.74) is 1.09. The van der Waals surface area contributed by atoms with Crippen LogP contribution >= 0.6 is 54.5 Å². The number of halogens is 2. The van der Waals surface area contributed by atoms with Crippen LogP contribution in [0.15, 0.2) is 18.6 Å². The molecule has 0 fully saturated rings. The van der Waals surface area contributed by atoms with Crippen LogP contribution in [-0.4, -0.2) is 27.7 Å². The Bertz CT molecular complexity index is 530. The molecule has 0 bridgehead atoms.